The quantitative estimate of drug-likeness (QED) is 0.196. The van der Waals surface area contributed by atoms with Gasteiger partial charge in [0.2, 0.25) is 0 Å². The highest BCUT2D eigenvalue weighted by Gasteiger charge is 2.46. The highest BCUT2D eigenvalue weighted by Crippen LogP contribution is 2.40. The molecule has 1 saturated heterocycles. The van der Waals surface area contributed by atoms with Crippen LogP contribution in [0.25, 0.3) is 5.76 Å². The molecule has 3 aromatic carbocycles. The average molecular weight is 509 g/mol. The van der Waals surface area contributed by atoms with Crippen LogP contribution in [-0.2, 0) is 22.7 Å². The number of hydrogen-bond donors (Lipinski definition) is 1. The summed E-state index contributed by atoms with van der Waals surface area (Å²) >= 11 is 0. The van der Waals surface area contributed by atoms with Gasteiger partial charge in [0.1, 0.15) is 23.9 Å². The van der Waals surface area contributed by atoms with E-state index in [1.165, 1.54) is 17.0 Å². The van der Waals surface area contributed by atoms with Crippen LogP contribution in [0.4, 0.5) is 4.39 Å². The standard InChI is InChI=1S/C31H25FN2O4/c1-20-9-10-24(16-26(20)32)29(35)27-28(34(31(37)30(27)36)18-22-8-5-15-33-17-22)23-11-13-25(14-12-23)38-19-21-6-3-2-4-7-21/h2-17,28,35H,18-19H2,1H3. The molecule has 1 aromatic heterocycles. The Kier molecular flexibility index (Phi) is 7.00. The smallest absolute Gasteiger partial charge is 0.295 e. The third-order valence-electron chi connectivity index (χ3n) is 6.51. The van der Waals surface area contributed by atoms with Crippen molar-refractivity contribution >= 4 is 17.4 Å². The first kappa shape index (κ1) is 24.9. The van der Waals surface area contributed by atoms with Crippen LogP contribution >= 0.6 is 0 Å². The van der Waals surface area contributed by atoms with E-state index in [4.69, 9.17) is 4.74 Å². The monoisotopic (exact) mass is 508 g/mol. The Balaban J connectivity index is 1.52. The summed E-state index contributed by atoms with van der Waals surface area (Å²) < 4.78 is 20.2. The lowest BCUT2D eigenvalue weighted by Crippen LogP contribution is -2.29. The van der Waals surface area contributed by atoms with Crippen LogP contribution in [0.2, 0.25) is 0 Å². The van der Waals surface area contributed by atoms with E-state index >= 15 is 0 Å². The molecule has 0 radical (unpaired) electrons. The van der Waals surface area contributed by atoms with Crippen molar-refractivity contribution in [3.63, 3.8) is 0 Å². The number of halogens is 1. The number of rotatable bonds is 7. The van der Waals surface area contributed by atoms with Gasteiger partial charge in [-0.3, -0.25) is 14.6 Å². The first-order valence-corrected chi connectivity index (χ1v) is 12.1. The van der Waals surface area contributed by atoms with Crippen LogP contribution < -0.4 is 4.74 Å². The summed E-state index contributed by atoms with van der Waals surface area (Å²) in [5, 5.41) is 11.2. The van der Waals surface area contributed by atoms with Gasteiger partial charge in [-0.05, 0) is 53.4 Å². The number of amides is 1. The molecule has 0 saturated carbocycles. The summed E-state index contributed by atoms with van der Waals surface area (Å²) in [5.41, 5.74) is 2.78. The molecule has 6 nitrogen and oxygen atoms in total. The number of hydrogen-bond acceptors (Lipinski definition) is 5. The van der Waals surface area contributed by atoms with Crippen LogP contribution in [0, 0.1) is 12.7 Å². The van der Waals surface area contributed by atoms with Crippen molar-refractivity contribution < 1.29 is 23.8 Å². The third kappa shape index (κ3) is 5.04. The zero-order chi connectivity index (χ0) is 26.6. The Bertz CT molecular complexity index is 1500. The number of ketones is 1. The fraction of sp³-hybridized carbons (Fsp3) is 0.129. The molecule has 38 heavy (non-hydrogen) atoms. The predicted molar refractivity (Wildman–Crippen MR) is 140 cm³/mol. The largest absolute Gasteiger partial charge is 0.507 e. The van der Waals surface area contributed by atoms with Crippen LogP contribution in [0.3, 0.4) is 0 Å². The third-order valence-corrected chi connectivity index (χ3v) is 6.51. The molecular formula is C31H25FN2O4. The molecule has 0 spiro atoms. The lowest BCUT2D eigenvalue weighted by molar-refractivity contribution is -0.140. The number of aliphatic hydroxyl groups excluding tert-OH is 1. The maximum Gasteiger partial charge on any atom is 0.295 e. The molecule has 1 N–H and O–H groups in total. The molecular weight excluding hydrogens is 483 g/mol. The molecule has 5 rings (SSSR count). The summed E-state index contributed by atoms with van der Waals surface area (Å²) in [6.45, 7) is 2.10. The minimum Gasteiger partial charge on any atom is -0.507 e. The molecule has 190 valence electrons. The molecule has 1 unspecified atom stereocenters. The summed E-state index contributed by atoms with van der Waals surface area (Å²) in [6.07, 6.45) is 3.24. The highest BCUT2D eigenvalue weighted by molar-refractivity contribution is 6.46. The first-order valence-electron chi connectivity index (χ1n) is 12.1. The van der Waals surface area contributed by atoms with Gasteiger partial charge in [0, 0.05) is 24.5 Å². The number of pyridine rings is 1. The molecule has 0 bridgehead atoms. The lowest BCUT2D eigenvalue weighted by atomic mass is 9.94. The number of nitrogens with zero attached hydrogens (tertiary/aromatic N) is 2. The van der Waals surface area contributed by atoms with E-state index in [9.17, 15) is 19.1 Å². The second-order valence-electron chi connectivity index (χ2n) is 9.10. The second-order valence-corrected chi connectivity index (χ2v) is 9.10. The zero-order valence-corrected chi connectivity index (χ0v) is 20.7. The van der Waals surface area contributed by atoms with E-state index < -0.39 is 29.3 Å². The van der Waals surface area contributed by atoms with Crippen molar-refractivity contribution in [1.29, 1.82) is 0 Å². The van der Waals surface area contributed by atoms with Crippen molar-refractivity contribution in [3.8, 4) is 5.75 Å². The normalized spacial score (nSPS) is 16.6. The molecule has 1 aliphatic rings. The van der Waals surface area contributed by atoms with Gasteiger partial charge < -0.3 is 14.7 Å². The number of aromatic nitrogens is 1. The topological polar surface area (TPSA) is 79.7 Å². The predicted octanol–water partition coefficient (Wildman–Crippen LogP) is 5.73. The minimum absolute atomic E-state index is 0.0971. The minimum atomic E-state index is -0.886. The van der Waals surface area contributed by atoms with Gasteiger partial charge in [0.05, 0.1) is 11.6 Å². The Hall–Kier alpha value is -4.78. The molecule has 1 fully saturated rings. The summed E-state index contributed by atoms with van der Waals surface area (Å²) in [5.74, 6) is -1.91. The highest BCUT2D eigenvalue weighted by atomic mass is 19.1. The van der Waals surface area contributed by atoms with Crippen LogP contribution in [0.15, 0.2) is 103 Å². The fourth-order valence-electron chi connectivity index (χ4n) is 4.46. The van der Waals surface area contributed by atoms with Gasteiger partial charge in [0.25, 0.3) is 11.7 Å². The van der Waals surface area contributed by atoms with Gasteiger partial charge in [-0.2, -0.15) is 0 Å². The summed E-state index contributed by atoms with van der Waals surface area (Å²) in [7, 11) is 0. The van der Waals surface area contributed by atoms with E-state index in [-0.39, 0.29) is 17.7 Å². The number of carbonyl (C=O) groups excluding carboxylic acids is 2. The maximum atomic E-state index is 14.3. The number of Topliss-reactive ketones (excluding diaryl/α,β-unsaturated/α-hetero) is 1. The first-order chi connectivity index (χ1) is 18.4. The molecule has 1 atom stereocenters. The lowest BCUT2D eigenvalue weighted by Gasteiger charge is -2.25. The van der Waals surface area contributed by atoms with Crippen molar-refractivity contribution in [3.05, 3.63) is 137 Å². The van der Waals surface area contributed by atoms with Crippen LogP contribution in [0.1, 0.15) is 33.9 Å². The van der Waals surface area contributed by atoms with E-state index in [0.717, 1.165) is 17.2 Å². The Morgan fingerprint density at radius 3 is 2.39 bits per heavy atom. The SMILES string of the molecule is Cc1ccc(C(O)=C2C(=O)C(=O)N(Cc3cccnc3)C2c2ccc(OCc3ccccc3)cc2)cc1F. The maximum absolute atomic E-state index is 14.3. The van der Waals surface area contributed by atoms with Crippen molar-refractivity contribution in [2.24, 2.45) is 0 Å². The molecule has 1 aliphatic heterocycles. The number of ether oxygens (including phenoxy) is 1. The van der Waals surface area contributed by atoms with Crippen molar-refractivity contribution in [2.75, 3.05) is 0 Å². The van der Waals surface area contributed by atoms with Gasteiger partial charge in [0.15, 0.2) is 0 Å². The zero-order valence-electron chi connectivity index (χ0n) is 20.7. The van der Waals surface area contributed by atoms with Gasteiger partial charge in [-0.15, -0.1) is 0 Å². The molecule has 4 aromatic rings. The number of likely N-dealkylation sites (tertiary alicyclic amines) is 1. The average Bonchev–Trinajstić information content (AvgIpc) is 3.19. The second kappa shape index (κ2) is 10.7. The number of aliphatic hydroxyl groups is 1. The Morgan fingerprint density at radius 1 is 0.974 bits per heavy atom. The summed E-state index contributed by atoms with van der Waals surface area (Å²) in [6, 6.07) is 23.7. The van der Waals surface area contributed by atoms with Gasteiger partial charge in [-0.25, -0.2) is 4.39 Å². The van der Waals surface area contributed by atoms with E-state index in [1.54, 1.807) is 55.7 Å². The Morgan fingerprint density at radius 2 is 1.71 bits per heavy atom. The van der Waals surface area contributed by atoms with E-state index in [2.05, 4.69) is 4.98 Å². The molecule has 0 aliphatic carbocycles. The van der Waals surface area contributed by atoms with E-state index in [1.807, 2.05) is 30.3 Å². The number of benzene rings is 3. The molecule has 2 heterocycles. The van der Waals surface area contributed by atoms with Gasteiger partial charge in [-0.1, -0.05) is 60.7 Å². The molecule has 1 amide bonds. The summed E-state index contributed by atoms with van der Waals surface area (Å²) in [4.78, 5) is 31.9. The number of carbonyl (C=O) groups is 2. The Labute approximate surface area is 219 Å². The van der Waals surface area contributed by atoms with Gasteiger partial charge >= 0.3 is 0 Å². The van der Waals surface area contributed by atoms with Crippen LogP contribution in [0.5, 0.6) is 5.75 Å². The van der Waals surface area contributed by atoms with Crippen LogP contribution in [-0.4, -0.2) is 26.7 Å². The fourth-order valence-corrected chi connectivity index (χ4v) is 4.46. The number of aryl methyl sites for hydroxylation is 1. The van der Waals surface area contributed by atoms with Crippen molar-refractivity contribution in [2.45, 2.75) is 26.1 Å². The molecule has 7 heteroatoms. The van der Waals surface area contributed by atoms with E-state index in [0.29, 0.717) is 23.5 Å². The van der Waals surface area contributed by atoms with Crippen molar-refractivity contribution in [1.82, 2.24) is 9.88 Å².